The zero-order chi connectivity index (χ0) is 17.5. The van der Waals surface area contributed by atoms with Crippen LogP contribution in [0, 0.1) is 6.92 Å². The van der Waals surface area contributed by atoms with Crippen LogP contribution in [0.25, 0.3) is 0 Å². The van der Waals surface area contributed by atoms with E-state index in [0.29, 0.717) is 24.4 Å². The number of amides is 1. The van der Waals surface area contributed by atoms with E-state index in [2.05, 4.69) is 5.32 Å². The van der Waals surface area contributed by atoms with Gasteiger partial charge in [0.15, 0.2) is 0 Å². The number of ether oxygens (including phenoxy) is 1. The molecule has 24 heavy (non-hydrogen) atoms. The van der Waals surface area contributed by atoms with Crippen LogP contribution in [-0.4, -0.2) is 30.7 Å². The molecule has 0 aliphatic rings. The zero-order valence-corrected chi connectivity index (χ0v) is 13.7. The number of furan rings is 1. The summed E-state index contributed by atoms with van der Waals surface area (Å²) in [7, 11) is 1.59. The van der Waals surface area contributed by atoms with Crippen molar-refractivity contribution in [2.75, 3.05) is 13.7 Å². The summed E-state index contributed by atoms with van der Waals surface area (Å²) in [4.78, 5) is 23.6. The van der Waals surface area contributed by atoms with E-state index < -0.39 is 5.97 Å². The highest BCUT2D eigenvalue weighted by atomic mass is 16.5. The Morgan fingerprint density at radius 3 is 2.62 bits per heavy atom. The summed E-state index contributed by atoms with van der Waals surface area (Å²) < 4.78 is 10.7. The summed E-state index contributed by atoms with van der Waals surface area (Å²) in [5.74, 6) is 0.108. The predicted octanol–water partition coefficient (Wildman–Crippen LogP) is 2.72. The topological polar surface area (TPSA) is 88.8 Å². The van der Waals surface area contributed by atoms with Gasteiger partial charge < -0.3 is 19.6 Å². The average Bonchev–Trinajstić information content (AvgIpc) is 2.98. The number of rotatable bonds is 8. The Kier molecular flexibility index (Phi) is 6.14. The first-order valence-corrected chi connectivity index (χ1v) is 7.67. The Morgan fingerprint density at radius 1 is 1.25 bits per heavy atom. The lowest BCUT2D eigenvalue weighted by Gasteiger charge is -2.17. The van der Waals surface area contributed by atoms with E-state index >= 15 is 0 Å². The van der Waals surface area contributed by atoms with Gasteiger partial charge in [-0.05, 0) is 37.1 Å². The fourth-order valence-electron chi connectivity index (χ4n) is 2.46. The van der Waals surface area contributed by atoms with Gasteiger partial charge >= 0.3 is 5.97 Å². The Hall–Kier alpha value is -2.60. The van der Waals surface area contributed by atoms with Gasteiger partial charge in [0.25, 0.3) is 0 Å². The molecule has 6 heteroatoms. The van der Waals surface area contributed by atoms with Crippen LogP contribution in [0.15, 0.2) is 40.8 Å². The standard InChI is InChI=1S/C18H21NO5/c1-12-7-8-16(24-12)15(9-10-23-2)19-17(20)11-13-5-3-4-6-14(13)18(21)22/h3-8,15H,9-11H2,1-2H3,(H,19,20)(H,21,22). The lowest BCUT2D eigenvalue weighted by atomic mass is 10.0. The van der Waals surface area contributed by atoms with Crippen molar-refractivity contribution in [2.24, 2.45) is 0 Å². The number of benzene rings is 1. The van der Waals surface area contributed by atoms with Crippen molar-refractivity contribution in [3.05, 3.63) is 59.0 Å². The Balaban J connectivity index is 2.09. The van der Waals surface area contributed by atoms with Gasteiger partial charge in [-0.15, -0.1) is 0 Å². The van der Waals surface area contributed by atoms with Crippen molar-refractivity contribution >= 4 is 11.9 Å². The number of carbonyl (C=O) groups excluding carboxylic acids is 1. The number of carboxylic acid groups (broad SMARTS) is 1. The molecular formula is C18H21NO5. The molecule has 0 aliphatic carbocycles. The molecule has 1 atom stereocenters. The first-order chi connectivity index (χ1) is 11.5. The second-order valence-corrected chi connectivity index (χ2v) is 5.49. The molecule has 2 aromatic rings. The second kappa shape index (κ2) is 8.31. The minimum Gasteiger partial charge on any atom is -0.478 e. The maximum Gasteiger partial charge on any atom is 0.335 e. The summed E-state index contributed by atoms with van der Waals surface area (Å²) in [5.41, 5.74) is 0.610. The van der Waals surface area contributed by atoms with Gasteiger partial charge in [-0.25, -0.2) is 4.79 Å². The third kappa shape index (κ3) is 4.70. The molecule has 0 saturated heterocycles. The van der Waals surface area contributed by atoms with E-state index in [-0.39, 0.29) is 23.9 Å². The van der Waals surface area contributed by atoms with Crippen molar-refractivity contribution < 1.29 is 23.8 Å². The molecule has 0 saturated carbocycles. The number of carbonyl (C=O) groups is 2. The van der Waals surface area contributed by atoms with E-state index in [9.17, 15) is 14.7 Å². The molecule has 2 N–H and O–H groups in total. The molecule has 1 aromatic carbocycles. The van der Waals surface area contributed by atoms with Crippen LogP contribution in [0.5, 0.6) is 0 Å². The largest absolute Gasteiger partial charge is 0.478 e. The highest BCUT2D eigenvalue weighted by Gasteiger charge is 2.19. The summed E-state index contributed by atoms with van der Waals surface area (Å²) in [5, 5.41) is 12.1. The van der Waals surface area contributed by atoms with Crippen LogP contribution < -0.4 is 5.32 Å². The number of hydrogen-bond donors (Lipinski definition) is 2. The summed E-state index contributed by atoms with van der Waals surface area (Å²) in [6.07, 6.45) is 0.557. The molecule has 6 nitrogen and oxygen atoms in total. The van der Waals surface area contributed by atoms with Gasteiger partial charge in [0.05, 0.1) is 18.0 Å². The van der Waals surface area contributed by atoms with Crippen LogP contribution in [-0.2, 0) is 16.0 Å². The van der Waals surface area contributed by atoms with Gasteiger partial charge in [0, 0.05) is 13.7 Å². The first-order valence-electron chi connectivity index (χ1n) is 7.67. The zero-order valence-electron chi connectivity index (χ0n) is 13.7. The number of carboxylic acids is 1. The molecule has 1 aromatic heterocycles. The molecule has 1 unspecified atom stereocenters. The molecule has 1 amide bonds. The SMILES string of the molecule is COCCC(NC(=O)Cc1ccccc1C(=O)O)c1ccc(C)o1. The van der Waals surface area contributed by atoms with Crippen molar-refractivity contribution in [3.8, 4) is 0 Å². The van der Waals surface area contributed by atoms with E-state index in [1.165, 1.54) is 6.07 Å². The molecule has 128 valence electrons. The normalized spacial score (nSPS) is 11.9. The number of hydrogen-bond acceptors (Lipinski definition) is 4. The Labute approximate surface area is 140 Å². The maximum absolute atomic E-state index is 12.4. The summed E-state index contributed by atoms with van der Waals surface area (Å²) in [6, 6.07) is 9.82. The minimum atomic E-state index is -1.05. The Bertz CT molecular complexity index is 707. The second-order valence-electron chi connectivity index (χ2n) is 5.49. The predicted molar refractivity (Wildman–Crippen MR) is 87.9 cm³/mol. The summed E-state index contributed by atoms with van der Waals surface area (Å²) >= 11 is 0. The fourth-order valence-corrected chi connectivity index (χ4v) is 2.46. The van der Waals surface area contributed by atoms with E-state index in [0.717, 1.165) is 5.76 Å². The van der Waals surface area contributed by atoms with Gasteiger partial charge in [-0.2, -0.15) is 0 Å². The lowest BCUT2D eigenvalue weighted by molar-refractivity contribution is -0.121. The number of aromatic carboxylic acids is 1. The van der Waals surface area contributed by atoms with E-state index in [1.807, 2.05) is 19.1 Å². The Morgan fingerprint density at radius 2 is 2.00 bits per heavy atom. The van der Waals surface area contributed by atoms with Crippen LogP contribution in [0.3, 0.4) is 0 Å². The third-order valence-electron chi connectivity index (χ3n) is 3.65. The fraction of sp³-hybridized carbons (Fsp3) is 0.333. The molecule has 1 heterocycles. The van der Waals surface area contributed by atoms with Gasteiger partial charge in [-0.3, -0.25) is 4.79 Å². The quantitative estimate of drug-likeness (QED) is 0.776. The van der Waals surface area contributed by atoms with Gasteiger partial charge in [0.1, 0.15) is 11.5 Å². The summed E-state index contributed by atoms with van der Waals surface area (Å²) in [6.45, 7) is 2.30. The van der Waals surface area contributed by atoms with Crippen molar-refractivity contribution in [3.63, 3.8) is 0 Å². The van der Waals surface area contributed by atoms with Crippen LogP contribution in [0.2, 0.25) is 0 Å². The lowest BCUT2D eigenvalue weighted by Crippen LogP contribution is -2.30. The average molecular weight is 331 g/mol. The monoisotopic (exact) mass is 331 g/mol. The number of methoxy groups -OCH3 is 1. The molecule has 0 spiro atoms. The van der Waals surface area contributed by atoms with Crippen molar-refractivity contribution in [1.82, 2.24) is 5.32 Å². The van der Waals surface area contributed by atoms with E-state index in [4.69, 9.17) is 9.15 Å². The van der Waals surface area contributed by atoms with Crippen LogP contribution in [0.4, 0.5) is 0 Å². The molecule has 2 rings (SSSR count). The highest BCUT2D eigenvalue weighted by molar-refractivity contribution is 5.91. The molecule has 0 bridgehead atoms. The van der Waals surface area contributed by atoms with E-state index in [1.54, 1.807) is 25.3 Å². The molecule has 0 fully saturated rings. The highest BCUT2D eigenvalue weighted by Crippen LogP contribution is 2.20. The first kappa shape index (κ1) is 17.7. The minimum absolute atomic E-state index is 0.00829. The van der Waals surface area contributed by atoms with Gasteiger partial charge in [0.2, 0.25) is 5.91 Å². The van der Waals surface area contributed by atoms with Crippen LogP contribution >= 0.6 is 0 Å². The molecule has 0 radical (unpaired) electrons. The van der Waals surface area contributed by atoms with Crippen molar-refractivity contribution in [1.29, 1.82) is 0 Å². The van der Waals surface area contributed by atoms with Crippen LogP contribution in [0.1, 0.15) is 39.9 Å². The maximum atomic E-state index is 12.4. The number of aryl methyl sites for hydroxylation is 1. The van der Waals surface area contributed by atoms with Gasteiger partial charge in [-0.1, -0.05) is 18.2 Å². The third-order valence-corrected chi connectivity index (χ3v) is 3.65. The molecular weight excluding hydrogens is 310 g/mol. The molecule has 0 aliphatic heterocycles. The number of nitrogens with one attached hydrogen (secondary N) is 1. The van der Waals surface area contributed by atoms with Crippen molar-refractivity contribution in [2.45, 2.75) is 25.8 Å². The smallest absolute Gasteiger partial charge is 0.335 e.